The number of nitrogens with one attached hydrogen (secondary N) is 3. The van der Waals surface area contributed by atoms with E-state index in [1.165, 1.54) is 0 Å². The van der Waals surface area contributed by atoms with E-state index in [4.69, 9.17) is 17.3 Å². The molecule has 0 unspecified atom stereocenters. The van der Waals surface area contributed by atoms with Gasteiger partial charge < -0.3 is 21.8 Å². The van der Waals surface area contributed by atoms with Gasteiger partial charge in [0.2, 0.25) is 11.9 Å². The molecule has 0 spiro atoms. The number of nitrogens with zero attached hydrogens (tertiary/aromatic N) is 2. The quantitative estimate of drug-likeness (QED) is 0.239. The molecule has 9 heteroatoms. The van der Waals surface area contributed by atoms with Gasteiger partial charge in [0.05, 0.1) is 5.39 Å². The Morgan fingerprint density at radius 2 is 2.18 bits per heavy atom. The lowest BCUT2D eigenvalue weighted by Crippen LogP contribution is -2.25. The maximum atomic E-state index is 12.9. The molecule has 0 aliphatic heterocycles. The van der Waals surface area contributed by atoms with Crippen LogP contribution in [0.1, 0.15) is 0 Å². The number of aromatic amines is 1. The van der Waals surface area contributed by atoms with Gasteiger partial charge in [0.1, 0.15) is 11.5 Å². The molecule has 17 heavy (non-hydrogen) atoms. The van der Waals surface area contributed by atoms with Gasteiger partial charge in [0.25, 0.3) is 0 Å². The number of fused-ring (bicyclic) bond motifs is 1. The highest BCUT2D eigenvalue weighted by molar-refractivity contribution is 5.86. The molecule has 0 radical (unpaired) electrons. The Balaban J connectivity index is 2.37. The molecular formula is C8H11FN8. The van der Waals surface area contributed by atoms with Gasteiger partial charge in [0.15, 0.2) is 5.82 Å². The van der Waals surface area contributed by atoms with Gasteiger partial charge in [-0.15, -0.1) is 0 Å². The van der Waals surface area contributed by atoms with E-state index in [2.05, 4.69) is 20.3 Å². The summed E-state index contributed by atoms with van der Waals surface area (Å²) in [4.78, 5) is 10.8. The fourth-order valence-corrected chi connectivity index (χ4v) is 1.27. The second kappa shape index (κ2) is 4.14. The Morgan fingerprint density at radius 3 is 2.88 bits per heavy atom. The molecule has 0 aromatic carbocycles. The first-order valence-electron chi connectivity index (χ1n) is 4.61. The van der Waals surface area contributed by atoms with Crippen molar-refractivity contribution in [2.45, 2.75) is 0 Å². The number of aromatic nitrogens is 3. The van der Waals surface area contributed by atoms with Crippen LogP contribution in [0.2, 0.25) is 0 Å². The van der Waals surface area contributed by atoms with Crippen LogP contribution in [0.4, 0.5) is 16.2 Å². The minimum absolute atomic E-state index is 0.0698. The number of H-pyrrole nitrogens is 1. The van der Waals surface area contributed by atoms with Crippen LogP contribution < -0.4 is 28.1 Å². The predicted molar refractivity (Wildman–Crippen MR) is 61.6 cm³/mol. The molecule has 0 aliphatic rings. The molecule has 0 saturated carbocycles. The zero-order valence-corrected chi connectivity index (χ0v) is 8.66. The molecule has 2 rings (SSSR count). The molecule has 2 heterocycles. The molecule has 0 aliphatic carbocycles. The van der Waals surface area contributed by atoms with Crippen molar-refractivity contribution in [1.82, 2.24) is 20.4 Å². The molecule has 2 aromatic heterocycles. The molecule has 8 nitrogen and oxygen atoms in total. The summed E-state index contributed by atoms with van der Waals surface area (Å²) >= 11 is 0. The Labute approximate surface area is 95.1 Å². The number of hydrogen-bond donors (Lipinski definition) is 6. The van der Waals surface area contributed by atoms with Crippen LogP contribution in [-0.4, -0.2) is 15.0 Å². The van der Waals surface area contributed by atoms with Crippen molar-refractivity contribution in [3.63, 3.8) is 0 Å². The van der Waals surface area contributed by atoms with E-state index in [-0.39, 0.29) is 17.6 Å². The maximum Gasteiger partial charge on any atom is 0.241 e. The third kappa shape index (κ3) is 2.03. The molecule has 90 valence electrons. The van der Waals surface area contributed by atoms with E-state index in [9.17, 15) is 4.39 Å². The Kier molecular flexibility index (Phi) is 2.66. The van der Waals surface area contributed by atoms with Crippen molar-refractivity contribution in [2.24, 2.45) is 11.6 Å². The van der Waals surface area contributed by atoms with Crippen molar-refractivity contribution in [1.29, 1.82) is 0 Å². The smallest absolute Gasteiger partial charge is 0.241 e. The first-order chi connectivity index (χ1) is 8.11. The summed E-state index contributed by atoms with van der Waals surface area (Å²) in [6, 6.07) is 1.73. The number of hydrazine groups is 1. The fraction of sp³-hybridized carbons (Fsp3) is 0. The lowest BCUT2D eigenvalue weighted by Gasteiger charge is -2.06. The minimum atomic E-state index is -0.918. The average molecular weight is 238 g/mol. The third-order valence-electron chi connectivity index (χ3n) is 2.05. The van der Waals surface area contributed by atoms with Crippen LogP contribution >= 0.6 is 0 Å². The van der Waals surface area contributed by atoms with Crippen LogP contribution in [-0.2, 0) is 0 Å². The summed E-state index contributed by atoms with van der Waals surface area (Å²) in [5.41, 5.74) is 13.3. The minimum Gasteiger partial charge on any atom is -0.383 e. The first kappa shape index (κ1) is 11.0. The second-order valence-electron chi connectivity index (χ2n) is 3.17. The number of nitrogen functional groups attached to an aromatic ring is 1. The highest BCUT2D eigenvalue weighted by Crippen LogP contribution is 2.18. The third-order valence-corrected chi connectivity index (χ3v) is 2.05. The summed E-state index contributed by atoms with van der Waals surface area (Å²) in [6.45, 7) is 0. The number of rotatable bonds is 3. The lowest BCUT2D eigenvalue weighted by atomic mass is 10.4. The van der Waals surface area contributed by atoms with Gasteiger partial charge in [0, 0.05) is 6.20 Å². The van der Waals surface area contributed by atoms with Crippen molar-refractivity contribution in [2.75, 3.05) is 11.1 Å². The molecule has 0 bridgehead atoms. The zero-order chi connectivity index (χ0) is 12.4. The predicted octanol–water partition coefficient (Wildman–Crippen LogP) is -0.530. The van der Waals surface area contributed by atoms with Crippen molar-refractivity contribution in [3.8, 4) is 0 Å². The Hall–Kier alpha value is -2.55. The monoisotopic (exact) mass is 238 g/mol. The van der Waals surface area contributed by atoms with Crippen LogP contribution in [0.5, 0.6) is 0 Å². The van der Waals surface area contributed by atoms with E-state index in [1.807, 2.05) is 0 Å². The molecule has 0 amide bonds. The lowest BCUT2D eigenvalue weighted by molar-refractivity contribution is 0.541. The van der Waals surface area contributed by atoms with Crippen LogP contribution in [0.25, 0.3) is 11.0 Å². The van der Waals surface area contributed by atoms with Gasteiger partial charge in [-0.3, -0.25) is 5.43 Å². The number of anilines is 2. The molecule has 0 fully saturated rings. The fourth-order valence-electron chi connectivity index (χ4n) is 1.27. The van der Waals surface area contributed by atoms with E-state index in [0.29, 0.717) is 11.0 Å². The number of halogens is 1. The van der Waals surface area contributed by atoms with Crippen LogP contribution in [0.3, 0.4) is 0 Å². The Bertz CT molecular complexity index is 574. The molecule has 0 saturated heterocycles. The van der Waals surface area contributed by atoms with Crippen molar-refractivity contribution in [3.05, 3.63) is 24.0 Å². The summed E-state index contributed by atoms with van der Waals surface area (Å²) in [6.07, 6.45) is 1.67. The van der Waals surface area contributed by atoms with Gasteiger partial charge in [-0.05, 0) is 6.07 Å². The normalized spacial score (nSPS) is 12.4. The van der Waals surface area contributed by atoms with Gasteiger partial charge in [-0.2, -0.15) is 14.4 Å². The summed E-state index contributed by atoms with van der Waals surface area (Å²) < 4.78 is 12.9. The van der Waals surface area contributed by atoms with E-state index < -0.39 is 5.95 Å². The summed E-state index contributed by atoms with van der Waals surface area (Å²) in [5, 5.41) is 3.11. The van der Waals surface area contributed by atoms with Crippen LogP contribution in [0, 0.1) is 0 Å². The summed E-state index contributed by atoms with van der Waals surface area (Å²) in [5.74, 6) is 3.93. The molecular weight excluding hydrogens is 227 g/mol. The van der Waals surface area contributed by atoms with E-state index >= 15 is 0 Å². The molecule has 2 aromatic rings. The van der Waals surface area contributed by atoms with Crippen LogP contribution in [0.15, 0.2) is 24.0 Å². The number of nitrogens with two attached hydrogens (primary N) is 3. The standard InChI is InChI=1S/C8H11FN8/c9-4(17-12)6(11)15-8-14-5(10)3-1-2-13-7(3)16-8/h1-2,17H,11-12H2,(H4,10,13,14,15,16)/b6-4+. The topological polar surface area (TPSA) is 144 Å². The SMILES string of the molecule is NN/C(F)=C(\N)Nc1nc(N)c2cc[nH]c2n1. The highest BCUT2D eigenvalue weighted by Gasteiger charge is 2.08. The zero-order valence-electron chi connectivity index (χ0n) is 8.66. The molecule has 9 N–H and O–H groups in total. The van der Waals surface area contributed by atoms with Gasteiger partial charge >= 0.3 is 0 Å². The van der Waals surface area contributed by atoms with Gasteiger partial charge in [-0.25, -0.2) is 5.84 Å². The van der Waals surface area contributed by atoms with E-state index in [0.717, 1.165) is 0 Å². The summed E-state index contributed by atoms with van der Waals surface area (Å²) in [7, 11) is 0. The maximum absolute atomic E-state index is 12.9. The largest absolute Gasteiger partial charge is 0.383 e. The highest BCUT2D eigenvalue weighted by atomic mass is 19.1. The first-order valence-corrected chi connectivity index (χ1v) is 4.61. The van der Waals surface area contributed by atoms with Crippen molar-refractivity contribution < 1.29 is 4.39 Å². The van der Waals surface area contributed by atoms with Gasteiger partial charge in [-0.1, -0.05) is 0 Å². The van der Waals surface area contributed by atoms with E-state index in [1.54, 1.807) is 17.7 Å². The van der Waals surface area contributed by atoms with Crippen molar-refractivity contribution >= 4 is 22.8 Å². The second-order valence-corrected chi connectivity index (χ2v) is 3.17. The average Bonchev–Trinajstić information content (AvgIpc) is 2.76. The Morgan fingerprint density at radius 1 is 1.41 bits per heavy atom. The number of hydrogen-bond acceptors (Lipinski definition) is 7. The molecule has 0 atom stereocenters.